The van der Waals surface area contributed by atoms with Crippen molar-refractivity contribution in [3.8, 4) is 0 Å². The molecule has 1 amide bonds. The van der Waals surface area contributed by atoms with E-state index in [4.69, 9.17) is 0 Å². The molecule has 7 heteroatoms. The second kappa shape index (κ2) is 5.30. The normalized spacial score (nSPS) is 10.0. The van der Waals surface area contributed by atoms with Crippen LogP contribution in [0.4, 0.5) is 5.69 Å². The van der Waals surface area contributed by atoms with Crippen molar-refractivity contribution in [3.05, 3.63) is 41.2 Å². The highest BCUT2D eigenvalue weighted by Crippen LogP contribution is 2.12. The zero-order valence-corrected chi connectivity index (χ0v) is 10.3. The number of methoxy groups -OCH3 is 1. The fraction of sp³-hybridized carbons (Fsp3) is 0.167. The molecule has 0 atom stereocenters. The van der Waals surface area contributed by atoms with Crippen molar-refractivity contribution in [3.63, 3.8) is 0 Å². The molecule has 0 radical (unpaired) electrons. The molecule has 0 aliphatic heterocycles. The number of benzene rings is 1. The molecule has 0 unspecified atom stereocenters. The predicted octanol–water partition coefficient (Wildman–Crippen LogP) is 1.42. The number of esters is 1. The SMILES string of the molecule is COC(=O)c1ccc(NC(=O)c2nonc2C)cc1. The first-order valence-electron chi connectivity index (χ1n) is 5.40. The molecular formula is C12H11N3O4. The van der Waals surface area contributed by atoms with E-state index < -0.39 is 11.9 Å². The van der Waals surface area contributed by atoms with Crippen LogP contribution in [0, 0.1) is 6.92 Å². The molecule has 0 aliphatic carbocycles. The Hall–Kier alpha value is -2.70. The fourth-order valence-electron chi connectivity index (χ4n) is 1.44. The number of nitrogens with zero attached hydrogens (tertiary/aromatic N) is 2. The first-order valence-corrected chi connectivity index (χ1v) is 5.40. The first kappa shape index (κ1) is 12.7. The van der Waals surface area contributed by atoms with Gasteiger partial charge in [-0.05, 0) is 36.3 Å². The molecule has 7 nitrogen and oxygen atoms in total. The van der Waals surface area contributed by atoms with Gasteiger partial charge in [0.1, 0.15) is 5.69 Å². The van der Waals surface area contributed by atoms with E-state index in [1.165, 1.54) is 7.11 Å². The second-order valence-corrected chi connectivity index (χ2v) is 3.72. The van der Waals surface area contributed by atoms with Crippen LogP contribution in [0.1, 0.15) is 26.5 Å². The van der Waals surface area contributed by atoms with Crippen molar-refractivity contribution in [2.75, 3.05) is 12.4 Å². The minimum Gasteiger partial charge on any atom is -0.465 e. The summed E-state index contributed by atoms with van der Waals surface area (Å²) in [5.74, 6) is -0.862. The maximum atomic E-state index is 11.8. The molecule has 19 heavy (non-hydrogen) atoms. The molecule has 0 fully saturated rings. The van der Waals surface area contributed by atoms with Crippen LogP contribution < -0.4 is 5.32 Å². The van der Waals surface area contributed by atoms with Gasteiger partial charge in [-0.25, -0.2) is 9.42 Å². The van der Waals surface area contributed by atoms with Crippen LogP contribution in [0.3, 0.4) is 0 Å². The third-order valence-electron chi connectivity index (χ3n) is 2.43. The number of rotatable bonds is 3. The lowest BCUT2D eigenvalue weighted by molar-refractivity contribution is 0.0600. The quantitative estimate of drug-likeness (QED) is 0.839. The van der Waals surface area contributed by atoms with Crippen molar-refractivity contribution < 1.29 is 19.0 Å². The number of anilines is 1. The molecule has 0 bridgehead atoms. The summed E-state index contributed by atoms with van der Waals surface area (Å²) in [5.41, 5.74) is 1.46. The van der Waals surface area contributed by atoms with E-state index in [1.54, 1.807) is 31.2 Å². The van der Waals surface area contributed by atoms with Crippen molar-refractivity contribution in [1.82, 2.24) is 10.3 Å². The Morgan fingerprint density at radius 2 is 1.89 bits per heavy atom. The number of carbonyl (C=O) groups excluding carboxylic acids is 2. The number of aryl methyl sites for hydroxylation is 1. The Bertz CT molecular complexity index is 604. The minimum atomic E-state index is -0.436. The van der Waals surface area contributed by atoms with Gasteiger partial charge in [-0.2, -0.15) is 0 Å². The van der Waals surface area contributed by atoms with Gasteiger partial charge in [0.2, 0.25) is 0 Å². The van der Waals surface area contributed by atoms with E-state index in [1.807, 2.05) is 0 Å². The largest absolute Gasteiger partial charge is 0.465 e. The van der Waals surface area contributed by atoms with Crippen molar-refractivity contribution in [2.24, 2.45) is 0 Å². The van der Waals surface area contributed by atoms with Crippen LogP contribution in [0.5, 0.6) is 0 Å². The molecule has 0 saturated heterocycles. The van der Waals surface area contributed by atoms with Crippen molar-refractivity contribution in [1.29, 1.82) is 0 Å². The van der Waals surface area contributed by atoms with Gasteiger partial charge < -0.3 is 10.1 Å². The number of nitrogens with one attached hydrogen (secondary N) is 1. The van der Waals surface area contributed by atoms with E-state index >= 15 is 0 Å². The van der Waals surface area contributed by atoms with Gasteiger partial charge in [0, 0.05) is 5.69 Å². The number of ether oxygens (including phenoxy) is 1. The molecule has 0 spiro atoms. The van der Waals surface area contributed by atoms with E-state index in [0.29, 0.717) is 16.9 Å². The van der Waals surface area contributed by atoms with Crippen molar-refractivity contribution >= 4 is 17.6 Å². The van der Waals surface area contributed by atoms with Gasteiger partial charge in [0.15, 0.2) is 5.69 Å². The van der Waals surface area contributed by atoms with Gasteiger partial charge in [-0.15, -0.1) is 0 Å². The molecule has 1 heterocycles. The van der Waals surface area contributed by atoms with E-state index in [-0.39, 0.29) is 5.69 Å². The predicted molar refractivity (Wildman–Crippen MR) is 64.8 cm³/mol. The zero-order chi connectivity index (χ0) is 13.8. The lowest BCUT2D eigenvalue weighted by Crippen LogP contribution is -2.13. The summed E-state index contributed by atoms with van der Waals surface area (Å²) in [5, 5.41) is 9.63. The Labute approximate surface area is 108 Å². The average Bonchev–Trinajstić information content (AvgIpc) is 2.85. The monoisotopic (exact) mass is 261 g/mol. The summed E-state index contributed by atoms with van der Waals surface area (Å²) in [6, 6.07) is 6.28. The summed E-state index contributed by atoms with van der Waals surface area (Å²) < 4.78 is 9.02. The number of hydrogen-bond acceptors (Lipinski definition) is 6. The minimum absolute atomic E-state index is 0.122. The Kier molecular flexibility index (Phi) is 3.56. The van der Waals surface area contributed by atoms with Crippen LogP contribution in [0.2, 0.25) is 0 Å². The molecule has 98 valence electrons. The first-order chi connectivity index (χ1) is 9.11. The highest BCUT2D eigenvalue weighted by Gasteiger charge is 2.15. The number of hydrogen-bond donors (Lipinski definition) is 1. The van der Waals surface area contributed by atoms with Crippen LogP contribution in [-0.4, -0.2) is 29.3 Å². The van der Waals surface area contributed by atoms with Crippen molar-refractivity contribution in [2.45, 2.75) is 6.92 Å². The average molecular weight is 261 g/mol. The second-order valence-electron chi connectivity index (χ2n) is 3.72. The third kappa shape index (κ3) is 2.76. The molecule has 1 N–H and O–H groups in total. The lowest BCUT2D eigenvalue weighted by Gasteiger charge is -2.04. The summed E-state index contributed by atoms with van der Waals surface area (Å²) in [6.45, 7) is 1.62. The summed E-state index contributed by atoms with van der Waals surface area (Å²) in [6.07, 6.45) is 0. The maximum absolute atomic E-state index is 11.8. The van der Waals surface area contributed by atoms with Gasteiger partial charge in [-0.3, -0.25) is 4.79 Å². The van der Waals surface area contributed by atoms with Gasteiger partial charge in [-0.1, -0.05) is 5.16 Å². The fourth-order valence-corrected chi connectivity index (χ4v) is 1.44. The third-order valence-corrected chi connectivity index (χ3v) is 2.43. The maximum Gasteiger partial charge on any atom is 0.337 e. The van der Waals surface area contributed by atoms with Crippen LogP contribution in [-0.2, 0) is 4.74 Å². The van der Waals surface area contributed by atoms with E-state index in [9.17, 15) is 9.59 Å². The Morgan fingerprint density at radius 1 is 1.21 bits per heavy atom. The molecule has 0 saturated carbocycles. The molecule has 1 aromatic heterocycles. The summed E-state index contributed by atoms with van der Waals surface area (Å²) in [7, 11) is 1.30. The van der Waals surface area contributed by atoms with E-state index in [0.717, 1.165) is 0 Å². The molecule has 2 rings (SSSR count). The van der Waals surface area contributed by atoms with Crippen LogP contribution in [0.25, 0.3) is 0 Å². The van der Waals surface area contributed by atoms with Gasteiger partial charge in [0.25, 0.3) is 5.91 Å². The number of carbonyl (C=O) groups is 2. The summed E-state index contributed by atoms with van der Waals surface area (Å²) >= 11 is 0. The zero-order valence-electron chi connectivity index (χ0n) is 10.3. The molecule has 0 aliphatic rings. The van der Waals surface area contributed by atoms with Gasteiger partial charge >= 0.3 is 5.97 Å². The highest BCUT2D eigenvalue weighted by molar-refractivity contribution is 6.03. The Morgan fingerprint density at radius 3 is 2.42 bits per heavy atom. The molecular weight excluding hydrogens is 250 g/mol. The number of aromatic nitrogens is 2. The summed E-state index contributed by atoms with van der Waals surface area (Å²) in [4.78, 5) is 23.0. The highest BCUT2D eigenvalue weighted by atomic mass is 16.6. The van der Waals surface area contributed by atoms with Crippen LogP contribution >= 0.6 is 0 Å². The topological polar surface area (TPSA) is 94.3 Å². The smallest absolute Gasteiger partial charge is 0.337 e. The van der Waals surface area contributed by atoms with E-state index in [2.05, 4.69) is 25.0 Å². The van der Waals surface area contributed by atoms with Crippen LogP contribution in [0.15, 0.2) is 28.9 Å². The molecule has 2 aromatic rings. The van der Waals surface area contributed by atoms with Gasteiger partial charge in [0.05, 0.1) is 12.7 Å². The molecule has 1 aromatic carbocycles. The Balaban J connectivity index is 2.10. The lowest BCUT2D eigenvalue weighted by atomic mass is 10.2. The standard InChI is InChI=1S/C12H11N3O4/c1-7-10(15-19-14-7)11(16)13-9-5-3-8(4-6-9)12(17)18-2/h3-6H,1-2H3,(H,13,16). The number of amides is 1.